The Kier molecular flexibility index (Phi) is 7.26. The SMILES string of the molecule is C=C[C@@H](O)CCCc1c(S(=O)(=O)N=C)cn(C)c1C(=O)Nc1ccc(F)c(C#N)c1. The number of aryl methyl sites for hydroxylation is 1. The van der Waals surface area contributed by atoms with Crippen molar-refractivity contribution in [3.8, 4) is 6.07 Å². The number of nitriles is 1. The van der Waals surface area contributed by atoms with E-state index < -0.39 is 27.9 Å². The maximum Gasteiger partial charge on any atom is 0.283 e. The van der Waals surface area contributed by atoms with Crippen molar-refractivity contribution in [1.82, 2.24) is 4.57 Å². The standard InChI is InChI=1S/C20H21FN4O4S/c1-4-15(26)6-5-7-16-18(30(28,29)23-2)12-25(3)19(16)20(27)24-14-8-9-17(21)13(10-14)11-22/h4,8-10,12,15,26H,1-2,5-7H2,3H3,(H,24,27)/t15-/m1/s1. The van der Waals surface area contributed by atoms with Crippen LogP contribution in [0.1, 0.15) is 34.5 Å². The number of aliphatic hydroxyl groups excluding tert-OH is 1. The van der Waals surface area contributed by atoms with Gasteiger partial charge in [0.25, 0.3) is 15.9 Å². The summed E-state index contributed by atoms with van der Waals surface area (Å²) in [4.78, 5) is 12.7. The topological polar surface area (TPSA) is 125 Å². The summed E-state index contributed by atoms with van der Waals surface area (Å²) in [6.07, 6.45) is 2.75. The van der Waals surface area contributed by atoms with Crippen LogP contribution < -0.4 is 5.32 Å². The van der Waals surface area contributed by atoms with Gasteiger partial charge >= 0.3 is 0 Å². The fourth-order valence-electron chi connectivity index (χ4n) is 2.96. The maximum absolute atomic E-state index is 13.5. The lowest BCUT2D eigenvalue weighted by Crippen LogP contribution is -2.18. The van der Waals surface area contributed by atoms with Crippen LogP contribution in [0.3, 0.4) is 0 Å². The molecule has 10 heteroatoms. The summed E-state index contributed by atoms with van der Waals surface area (Å²) in [5, 5.41) is 21.2. The van der Waals surface area contributed by atoms with Gasteiger partial charge in [-0.1, -0.05) is 6.08 Å². The predicted octanol–water partition coefficient (Wildman–Crippen LogP) is 2.55. The van der Waals surface area contributed by atoms with Gasteiger partial charge in [-0.25, -0.2) is 4.39 Å². The summed E-state index contributed by atoms with van der Waals surface area (Å²) in [7, 11) is -2.57. The number of nitrogens with zero attached hydrogens (tertiary/aromatic N) is 3. The minimum atomic E-state index is -4.07. The molecule has 8 nitrogen and oxygen atoms in total. The smallest absolute Gasteiger partial charge is 0.283 e. The fourth-order valence-corrected chi connectivity index (χ4v) is 3.90. The minimum Gasteiger partial charge on any atom is -0.389 e. The molecule has 2 N–H and O–H groups in total. The summed E-state index contributed by atoms with van der Waals surface area (Å²) in [6.45, 7) is 6.57. The zero-order valence-corrected chi connectivity index (χ0v) is 17.1. The molecule has 1 atom stereocenters. The minimum absolute atomic E-state index is 0.0631. The first-order valence-corrected chi connectivity index (χ1v) is 10.3. The summed E-state index contributed by atoms with van der Waals surface area (Å²) < 4.78 is 42.7. The van der Waals surface area contributed by atoms with E-state index in [1.807, 2.05) is 0 Å². The number of benzene rings is 1. The molecule has 0 aliphatic heterocycles. The highest BCUT2D eigenvalue weighted by atomic mass is 32.2. The third-order valence-corrected chi connectivity index (χ3v) is 5.70. The third-order valence-electron chi connectivity index (χ3n) is 4.45. The highest BCUT2D eigenvalue weighted by Gasteiger charge is 2.27. The van der Waals surface area contributed by atoms with E-state index in [2.05, 4.69) is 23.0 Å². The number of sulfonamides is 1. The van der Waals surface area contributed by atoms with Gasteiger partial charge in [0.05, 0.1) is 11.7 Å². The van der Waals surface area contributed by atoms with Crippen LogP contribution in [0.25, 0.3) is 0 Å². The van der Waals surface area contributed by atoms with Crippen molar-refractivity contribution in [3.63, 3.8) is 0 Å². The molecule has 0 radical (unpaired) electrons. The van der Waals surface area contributed by atoms with Crippen LogP contribution >= 0.6 is 0 Å². The molecule has 1 aromatic heterocycles. The van der Waals surface area contributed by atoms with Gasteiger partial charge in [0, 0.05) is 31.2 Å². The Morgan fingerprint density at radius 2 is 2.20 bits per heavy atom. The second-order valence-electron chi connectivity index (χ2n) is 6.49. The maximum atomic E-state index is 13.5. The van der Waals surface area contributed by atoms with E-state index >= 15 is 0 Å². The van der Waals surface area contributed by atoms with Gasteiger partial charge in [-0.15, -0.1) is 6.58 Å². The van der Waals surface area contributed by atoms with Gasteiger partial charge in [0.15, 0.2) is 0 Å². The number of hydrogen-bond donors (Lipinski definition) is 2. The largest absolute Gasteiger partial charge is 0.389 e. The third kappa shape index (κ3) is 5.00. The lowest BCUT2D eigenvalue weighted by atomic mass is 10.1. The number of carbonyl (C=O) groups is 1. The van der Waals surface area contributed by atoms with Crippen LogP contribution in [0, 0.1) is 17.1 Å². The molecule has 0 bridgehead atoms. The Balaban J connectivity index is 2.44. The van der Waals surface area contributed by atoms with Crippen molar-refractivity contribution in [2.45, 2.75) is 30.3 Å². The number of rotatable bonds is 9. The first-order valence-electron chi connectivity index (χ1n) is 8.87. The molecular weight excluding hydrogens is 411 g/mol. The Morgan fingerprint density at radius 1 is 1.50 bits per heavy atom. The summed E-state index contributed by atoms with van der Waals surface area (Å²) in [5.41, 5.74) is 0.227. The number of aliphatic hydroxyl groups is 1. The first kappa shape index (κ1) is 23.0. The van der Waals surface area contributed by atoms with Crippen LogP contribution in [-0.4, -0.2) is 36.8 Å². The van der Waals surface area contributed by atoms with E-state index in [4.69, 9.17) is 5.26 Å². The van der Waals surface area contributed by atoms with Crippen molar-refractivity contribution < 1.29 is 22.7 Å². The van der Waals surface area contributed by atoms with Gasteiger partial charge in [0.2, 0.25) is 0 Å². The van der Waals surface area contributed by atoms with Crippen molar-refractivity contribution in [3.05, 3.63) is 59.7 Å². The Morgan fingerprint density at radius 3 is 2.80 bits per heavy atom. The second kappa shape index (κ2) is 9.47. The van der Waals surface area contributed by atoms with Crippen LogP contribution in [0.15, 0.2) is 46.3 Å². The van der Waals surface area contributed by atoms with Gasteiger partial charge < -0.3 is 15.0 Å². The van der Waals surface area contributed by atoms with Crippen LogP contribution in [0.5, 0.6) is 0 Å². The molecule has 0 fully saturated rings. The average Bonchev–Trinajstić information content (AvgIpc) is 3.06. The Labute approximate surface area is 174 Å². The molecule has 0 spiro atoms. The quantitative estimate of drug-likeness (QED) is 0.465. The number of amides is 1. The Hall–Kier alpha value is -3.29. The number of hydrogen-bond acceptors (Lipinski definition) is 5. The van der Waals surface area contributed by atoms with Gasteiger partial charge in [-0.05, 0) is 37.5 Å². The van der Waals surface area contributed by atoms with Crippen molar-refractivity contribution in [1.29, 1.82) is 5.26 Å². The van der Waals surface area contributed by atoms with E-state index in [0.29, 0.717) is 12.8 Å². The van der Waals surface area contributed by atoms with Crippen molar-refractivity contribution in [2.24, 2.45) is 11.4 Å². The first-order chi connectivity index (χ1) is 14.1. The molecule has 0 unspecified atom stereocenters. The summed E-state index contributed by atoms with van der Waals surface area (Å²) in [5.74, 6) is -1.36. The number of aromatic nitrogens is 1. The van der Waals surface area contributed by atoms with Crippen LogP contribution in [0.4, 0.5) is 10.1 Å². The van der Waals surface area contributed by atoms with Crippen LogP contribution in [-0.2, 0) is 23.5 Å². The number of halogens is 1. The van der Waals surface area contributed by atoms with Gasteiger partial charge in [-0.2, -0.15) is 18.1 Å². The Bertz CT molecular complexity index is 1130. The molecule has 1 amide bonds. The molecule has 30 heavy (non-hydrogen) atoms. The zero-order valence-electron chi connectivity index (χ0n) is 16.3. The molecule has 2 rings (SSSR count). The number of anilines is 1. The average molecular weight is 432 g/mol. The molecule has 0 aliphatic carbocycles. The molecule has 1 aromatic carbocycles. The lowest BCUT2D eigenvalue weighted by Gasteiger charge is -2.11. The fraction of sp³-hybridized carbons (Fsp3) is 0.250. The van der Waals surface area contributed by atoms with E-state index in [1.54, 1.807) is 6.07 Å². The van der Waals surface area contributed by atoms with Crippen molar-refractivity contribution in [2.75, 3.05) is 5.32 Å². The van der Waals surface area contributed by atoms with E-state index in [1.165, 1.54) is 36.0 Å². The van der Waals surface area contributed by atoms with E-state index in [9.17, 15) is 22.7 Å². The normalized spacial score (nSPS) is 12.1. The monoisotopic (exact) mass is 432 g/mol. The number of carbonyl (C=O) groups excluding carboxylic acids is 1. The molecule has 0 aliphatic rings. The molecular formula is C20H21FN4O4S. The van der Waals surface area contributed by atoms with Gasteiger partial charge in [0.1, 0.15) is 22.5 Å². The number of nitrogens with one attached hydrogen (secondary N) is 1. The molecule has 0 saturated heterocycles. The van der Waals surface area contributed by atoms with E-state index in [-0.39, 0.29) is 33.8 Å². The van der Waals surface area contributed by atoms with E-state index in [0.717, 1.165) is 6.07 Å². The predicted molar refractivity (Wildman–Crippen MR) is 110 cm³/mol. The summed E-state index contributed by atoms with van der Waals surface area (Å²) in [6, 6.07) is 5.21. The van der Waals surface area contributed by atoms with Crippen LogP contribution in [0.2, 0.25) is 0 Å². The summed E-state index contributed by atoms with van der Waals surface area (Å²) >= 11 is 0. The molecule has 0 saturated carbocycles. The highest BCUT2D eigenvalue weighted by Crippen LogP contribution is 2.27. The molecule has 1 heterocycles. The van der Waals surface area contributed by atoms with Gasteiger partial charge in [-0.3, -0.25) is 4.79 Å². The molecule has 158 valence electrons. The lowest BCUT2D eigenvalue weighted by molar-refractivity contribution is 0.101. The molecule has 2 aromatic rings. The zero-order chi connectivity index (χ0) is 22.5. The second-order valence-corrected chi connectivity index (χ2v) is 8.14. The highest BCUT2D eigenvalue weighted by molar-refractivity contribution is 7.90. The van der Waals surface area contributed by atoms with Crippen molar-refractivity contribution >= 4 is 28.3 Å².